The summed E-state index contributed by atoms with van der Waals surface area (Å²) in [6.45, 7) is 1.64. The summed E-state index contributed by atoms with van der Waals surface area (Å²) in [7, 11) is 3.19. The lowest BCUT2D eigenvalue weighted by Crippen LogP contribution is -2.15. The molecule has 0 saturated heterocycles. The normalized spacial score (nSPS) is 9.58. The number of carbonyl (C=O) groups is 1. The predicted octanol–water partition coefficient (Wildman–Crippen LogP) is 1.66. The average molecular weight is 166 g/mol. The number of hydrogen-bond acceptors (Lipinski definition) is 1. The van der Waals surface area contributed by atoms with E-state index in [0.717, 1.165) is 0 Å². The lowest BCUT2D eigenvalue weighted by molar-refractivity contribution is 0.0968. The topological polar surface area (TPSA) is 29.1 Å². The Morgan fingerprint density at radius 3 is 2.75 bits per heavy atom. The smallest absolute Gasteiger partial charge is 0.251 e. The first-order chi connectivity index (χ1) is 5.65. The van der Waals surface area contributed by atoms with Crippen molar-refractivity contribution < 1.29 is 9.18 Å². The third-order valence-electron chi connectivity index (χ3n) is 1.59. The van der Waals surface area contributed by atoms with Gasteiger partial charge in [0.2, 0.25) is 0 Å². The lowest BCUT2D eigenvalue weighted by atomic mass is 10.1. The van der Waals surface area contributed by atoms with E-state index in [2.05, 4.69) is 12.4 Å². The number of hydrogen-bond donors (Lipinski definition) is 1. The van der Waals surface area contributed by atoms with E-state index in [4.69, 9.17) is 0 Å². The van der Waals surface area contributed by atoms with E-state index >= 15 is 0 Å². The number of amides is 1. The van der Waals surface area contributed by atoms with E-state index in [1.165, 1.54) is 6.07 Å². The highest BCUT2D eigenvalue weighted by molar-refractivity contribution is 5.94. The molecule has 63 valence electrons. The summed E-state index contributed by atoms with van der Waals surface area (Å²) in [6, 6.07) is 4.30. The van der Waals surface area contributed by atoms with Crippen molar-refractivity contribution in [3.63, 3.8) is 0 Å². The lowest BCUT2D eigenvalue weighted by Gasteiger charge is -2.00. The molecule has 0 bridgehead atoms. The van der Waals surface area contributed by atoms with E-state index in [9.17, 15) is 9.18 Å². The number of rotatable bonds is 1. The fourth-order valence-electron chi connectivity index (χ4n) is 0.836. The number of nitrogens with one attached hydrogen (secondary N) is 1. The fraction of sp³-hybridized carbons (Fsp3) is 0.111. The van der Waals surface area contributed by atoms with Gasteiger partial charge in [-0.05, 0) is 24.6 Å². The maximum Gasteiger partial charge on any atom is 0.251 e. The van der Waals surface area contributed by atoms with Crippen molar-refractivity contribution in [3.05, 3.63) is 42.2 Å². The third-order valence-corrected chi connectivity index (χ3v) is 1.59. The minimum atomic E-state index is -0.381. The summed E-state index contributed by atoms with van der Waals surface area (Å²) in [5, 5.41) is 2.17. The van der Waals surface area contributed by atoms with Crippen molar-refractivity contribution in [2.75, 3.05) is 0 Å². The summed E-state index contributed by atoms with van der Waals surface area (Å²) in [5.74, 6) is -0.759. The number of aryl methyl sites for hydroxylation is 1. The largest absolute Gasteiger partial charge is 0.350 e. The van der Waals surface area contributed by atoms with Gasteiger partial charge in [-0.3, -0.25) is 4.79 Å². The second-order valence-corrected chi connectivity index (χ2v) is 2.47. The van der Waals surface area contributed by atoms with Crippen molar-refractivity contribution in [1.29, 1.82) is 0 Å². The molecule has 1 aromatic rings. The van der Waals surface area contributed by atoms with Crippen LogP contribution in [0, 0.1) is 19.8 Å². The number of carbonyl (C=O) groups excluding carboxylic acids is 1. The zero-order valence-corrected chi connectivity index (χ0v) is 6.73. The molecule has 12 heavy (non-hydrogen) atoms. The zero-order valence-electron chi connectivity index (χ0n) is 6.73. The first-order valence-corrected chi connectivity index (χ1v) is 3.48. The first kappa shape index (κ1) is 8.71. The molecule has 1 rings (SSSR count). The van der Waals surface area contributed by atoms with E-state index in [-0.39, 0.29) is 17.3 Å². The highest BCUT2D eigenvalue weighted by Crippen LogP contribution is 2.08. The van der Waals surface area contributed by atoms with Crippen LogP contribution in [0.5, 0.6) is 0 Å². The van der Waals surface area contributed by atoms with Crippen molar-refractivity contribution in [2.45, 2.75) is 6.92 Å². The van der Waals surface area contributed by atoms with Gasteiger partial charge in [0, 0.05) is 12.6 Å². The Balaban J connectivity index is 3.05. The number of benzene rings is 1. The maximum absolute atomic E-state index is 12.9. The van der Waals surface area contributed by atoms with Crippen LogP contribution in [0.2, 0.25) is 0 Å². The molecule has 3 heteroatoms. The molecule has 0 spiro atoms. The van der Waals surface area contributed by atoms with Crippen LogP contribution < -0.4 is 5.32 Å². The van der Waals surface area contributed by atoms with Gasteiger partial charge < -0.3 is 5.32 Å². The van der Waals surface area contributed by atoms with Crippen molar-refractivity contribution >= 4 is 5.91 Å². The first-order valence-electron chi connectivity index (χ1n) is 3.48. The Hall–Kier alpha value is -1.38. The van der Waals surface area contributed by atoms with Gasteiger partial charge in [0.25, 0.3) is 5.91 Å². The van der Waals surface area contributed by atoms with Crippen LogP contribution in [0.1, 0.15) is 15.9 Å². The molecule has 1 N–H and O–H groups in total. The Bertz CT molecular complexity index is 309. The average Bonchev–Trinajstić information content (AvgIpc) is 2.08. The van der Waals surface area contributed by atoms with E-state index in [1.807, 2.05) is 0 Å². The second-order valence-electron chi connectivity index (χ2n) is 2.47. The van der Waals surface area contributed by atoms with Gasteiger partial charge in [0.15, 0.2) is 0 Å². The van der Waals surface area contributed by atoms with E-state index in [1.54, 1.807) is 19.1 Å². The molecule has 1 aromatic carbocycles. The standard InChI is InChI=1S/C9H9FNO/c1-6-3-4-7(5-8(6)10)9(12)11-2/h3-5H,2H2,1H3,(H,11,12). The summed E-state index contributed by atoms with van der Waals surface area (Å²) >= 11 is 0. The Labute approximate surface area is 70.4 Å². The van der Waals surface area contributed by atoms with Crippen LogP contribution in [0.25, 0.3) is 0 Å². The van der Waals surface area contributed by atoms with Crippen LogP contribution in [-0.2, 0) is 0 Å². The van der Waals surface area contributed by atoms with Gasteiger partial charge in [-0.25, -0.2) is 4.39 Å². The number of halogens is 1. The van der Waals surface area contributed by atoms with Crippen molar-refractivity contribution in [3.8, 4) is 0 Å². The molecule has 0 aromatic heterocycles. The minimum Gasteiger partial charge on any atom is -0.350 e. The molecule has 1 amide bonds. The molecule has 0 unspecified atom stereocenters. The van der Waals surface area contributed by atoms with Gasteiger partial charge >= 0.3 is 0 Å². The van der Waals surface area contributed by atoms with Gasteiger partial charge in [-0.2, -0.15) is 0 Å². The van der Waals surface area contributed by atoms with Crippen molar-refractivity contribution in [2.24, 2.45) is 0 Å². The molecule has 0 aliphatic carbocycles. The SMILES string of the molecule is [CH2]NC(=O)c1ccc(C)c(F)c1. The molecular formula is C9H9FNO. The molecular weight excluding hydrogens is 157 g/mol. The van der Waals surface area contributed by atoms with Gasteiger partial charge in [0.1, 0.15) is 5.82 Å². The van der Waals surface area contributed by atoms with Crippen molar-refractivity contribution in [1.82, 2.24) is 5.32 Å². The van der Waals surface area contributed by atoms with Gasteiger partial charge in [-0.1, -0.05) is 6.07 Å². The quantitative estimate of drug-likeness (QED) is 0.675. The molecule has 0 aliphatic heterocycles. The van der Waals surface area contributed by atoms with Crippen LogP contribution >= 0.6 is 0 Å². The maximum atomic E-state index is 12.9. The molecule has 0 fully saturated rings. The minimum absolute atomic E-state index is 0.285. The Kier molecular flexibility index (Phi) is 2.43. The highest BCUT2D eigenvalue weighted by atomic mass is 19.1. The molecule has 0 atom stereocenters. The van der Waals surface area contributed by atoms with Gasteiger partial charge in [0.05, 0.1) is 0 Å². The van der Waals surface area contributed by atoms with Crippen LogP contribution in [0.4, 0.5) is 4.39 Å². The van der Waals surface area contributed by atoms with E-state index < -0.39 is 0 Å². The van der Waals surface area contributed by atoms with Crippen LogP contribution in [0.15, 0.2) is 18.2 Å². The monoisotopic (exact) mass is 166 g/mol. The Morgan fingerprint density at radius 2 is 2.25 bits per heavy atom. The summed E-state index contributed by atoms with van der Waals surface area (Å²) in [6.07, 6.45) is 0. The van der Waals surface area contributed by atoms with Gasteiger partial charge in [-0.15, -0.1) is 0 Å². The molecule has 0 heterocycles. The van der Waals surface area contributed by atoms with E-state index in [0.29, 0.717) is 5.56 Å². The second kappa shape index (κ2) is 3.34. The fourth-order valence-corrected chi connectivity index (χ4v) is 0.836. The summed E-state index contributed by atoms with van der Waals surface area (Å²) < 4.78 is 12.9. The third kappa shape index (κ3) is 1.61. The Morgan fingerprint density at radius 1 is 1.58 bits per heavy atom. The molecule has 0 aliphatic rings. The summed E-state index contributed by atoms with van der Waals surface area (Å²) in [5.41, 5.74) is 0.809. The molecule has 1 radical (unpaired) electrons. The summed E-state index contributed by atoms with van der Waals surface area (Å²) in [4.78, 5) is 10.9. The van der Waals surface area contributed by atoms with Crippen LogP contribution in [-0.4, -0.2) is 5.91 Å². The highest BCUT2D eigenvalue weighted by Gasteiger charge is 2.04. The molecule has 2 nitrogen and oxygen atoms in total. The zero-order chi connectivity index (χ0) is 9.14. The predicted molar refractivity (Wildman–Crippen MR) is 44.0 cm³/mol. The van der Waals surface area contributed by atoms with Crippen LogP contribution in [0.3, 0.4) is 0 Å². The molecule has 0 saturated carbocycles.